The summed E-state index contributed by atoms with van der Waals surface area (Å²) < 4.78 is 0. The average molecular weight is 232 g/mol. The van der Waals surface area contributed by atoms with Gasteiger partial charge in [-0.1, -0.05) is 18.2 Å². The number of likely N-dealkylation sites (N-methyl/N-ethyl adjacent to an activating group) is 1. The largest absolute Gasteiger partial charge is 0.315 e. The van der Waals surface area contributed by atoms with Crippen LogP contribution in [0.4, 0.5) is 0 Å². The van der Waals surface area contributed by atoms with Gasteiger partial charge in [-0.25, -0.2) is 0 Å². The molecular weight excluding hydrogens is 208 g/mol. The standard InChI is InChI=1S/C15H24N2/c1-12-7-5-8-14(13(12)2)15(17(3)4)9-6-10-16-11-15/h5,7-8,16H,6,9-11H2,1-4H3. The van der Waals surface area contributed by atoms with Crippen LogP contribution >= 0.6 is 0 Å². The molecule has 1 atom stereocenters. The van der Waals surface area contributed by atoms with Crippen LogP contribution in [0.25, 0.3) is 0 Å². The van der Waals surface area contributed by atoms with Crippen LogP contribution in [0.1, 0.15) is 29.5 Å². The van der Waals surface area contributed by atoms with Crippen LogP contribution in [-0.4, -0.2) is 32.1 Å². The molecule has 1 unspecified atom stereocenters. The van der Waals surface area contributed by atoms with Gasteiger partial charge in [0, 0.05) is 6.54 Å². The van der Waals surface area contributed by atoms with Gasteiger partial charge in [0.1, 0.15) is 0 Å². The van der Waals surface area contributed by atoms with Gasteiger partial charge in [-0.2, -0.15) is 0 Å². The second-order valence-electron chi connectivity index (χ2n) is 5.45. The molecule has 1 aromatic rings. The highest BCUT2D eigenvalue weighted by Gasteiger charge is 2.37. The molecule has 0 bridgehead atoms. The summed E-state index contributed by atoms with van der Waals surface area (Å²) in [5, 5.41) is 3.56. The van der Waals surface area contributed by atoms with Crippen molar-refractivity contribution in [3.05, 3.63) is 34.9 Å². The van der Waals surface area contributed by atoms with Gasteiger partial charge in [0.05, 0.1) is 5.54 Å². The Morgan fingerprint density at radius 2 is 2.00 bits per heavy atom. The van der Waals surface area contributed by atoms with Crippen molar-refractivity contribution in [2.24, 2.45) is 0 Å². The van der Waals surface area contributed by atoms with E-state index in [4.69, 9.17) is 0 Å². The van der Waals surface area contributed by atoms with Gasteiger partial charge in [0.25, 0.3) is 0 Å². The second kappa shape index (κ2) is 4.79. The Labute approximate surface area is 105 Å². The number of hydrogen-bond acceptors (Lipinski definition) is 2. The van der Waals surface area contributed by atoms with E-state index in [1.807, 2.05) is 0 Å². The molecule has 1 aliphatic heterocycles. The van der Waals surface area contributed by atoms with Crippen LogP contribution < -0.4 is 5.32 Å². The monoisotopic (exact) mass is 232 g/mol. The van der Waals surface area contributed by atoms with Gasteiger partial charge in [0.15, 0.2) is 0 Å². The molecule has 1 heterocycles. The lowest BCUT2D eigenvalue weighted by Gasteiger charge is -2.44. The zero-order chi connectivity index (χ0) is 12.5. The molecule has 1 aliphatic rings. The zero-order valence-electron chi connectivity index (χ0n) is 11.5. The number of nitrogens with zero attached hydrogens (tertiary/aromatic N) is 1. The lowest BCUT2D eigenvalue weighted by atomic mass is 9.79. The van der Waals surface area contributed by atoms with E-state index >= 15 is 0 Å². The Morgan fingerprint density at radius 1 is 1.24 bits per heavy atom. The summed E-state index contributed by atoms with van der Waals surface area (Å²) >= 11 is 0. The van der Waals surface area contributed by atoms with Crippen molar-refractivity contribution in [2.45, 2.75) is 32.2 Å². The Morgan fingerprint density at radius 3 is 2.59 bits per heavy atom. The summed E-state index contributed by atoms with van der Waals surface area (Å²) in [6.45, 7) is 6.67. The molecule has 0 aromatic heterocycles. The molecule has 0 spiro atoms. The van der Waals surface area contributed by atoms with E-state index in [1.54, 1.807) is 0 Å². The SMILES string of the molecule is Cc1cccc(C2(N(C)C)CCCNC2)c1C. The first-order valence-corrected chi connectivity index (χ1v) is 6.53. The van der Waals surface area contributed by atoms with Crippen LogP contribution in [-0.2, 0) is 5.54 Å². The van der Waals surface area contributed by atoms with Crippen molar-refractivity contribution in [3.8, 4) is 0 Å². The summed E-state index contributed by atoms with van der Waals surface area (Å²) in [6, 6.07) is 6.70. The lowest BCUT2D eigenvalue weighted by Crippen LogP contribution is -2.52. The summed E-state index contributed by atoms with van der Waals surface area (Å²) in [5.74, 6) is 0. The zero-order valence-corrected chi connectivity index (χ0v) is 11.5. The van der Waals surface area contributed by atoms with Crippen molar-refractivity contribution in [1.82, 2.24) is 10.2 Å². The molecule has 0 aliphatic carbocycles. The number of benzene rings is 1. The van der Waals surface area contributed by atoms with Gasteiger partial charge >= 0.3 is 0 Å². The maximum absolute atomic E-state index is 3.56. The fourth-order valence-corrected chi connectivity index (χ4v) is 3.00. The number of nitrogens with one attached hydrogen (secondary N) is 1. The molecule has 17 heavy (non-hydrogen) atoms. The van der Waals surface area contributed by atoms with E-state index in [9.17, 15) is 0 Å². The van der Waals surface area contributed by atoms with Gasteiger partial charge < -0.3 is 5.32 Å². The molecule has 0 radical (unpaired) electrons. The Bertz CT molecular complexity index is 390. The van der Waals surface area contributed by atoms with Crippen molar-refractivity contribution in [2.75, 3.05) is 27.2 Å². The van der Waals surface area contributed by atoms with Gasteiger partial charge in [-0.3, -0.25) is 4.90 Å². The van der Waals surface area contributed by atoms with Crippen LogP contribution in [0.3, 0.4) is 0 Å². The van der Waals surface area contributed by atoms with Crippen molar-refractivity contribution < 1.29 is 0 Å². The Kier molecular flexibility index (Phi) is 3.55. The van der Waals surface area contributed by atoms with Crippen LogP contribution in [0.15, 0.2) is 18.2 Å². The molecule has 2 rings (SSSR count). The molecule has 0 saturated carbocycles. The third kappa shape index (κ3) is 2.12. The minimum absolute atomic E-state index is 0.175. The van der Waals surface area contributed by atoms with E-state index in [0.29, 0.717) is 0 Å². The molecular formula is C15H24N2. The number of hydrogen-bond donors (Lipinski definition) is 1. The summed E-state index contributed by atoms with van der Waals surface area (Å²) in [6.07, 6.45) is 2.50. The van der Waals surface area contributed by atoms with Gasteiger partial charge in [-0.15, -0.1) is 0 Å². The quantitative estimate of drug-likeness (QED) is 0.842. The molecule has 2 heteroatoms. The maximum atomic E-state index is 3.56. The van der Waals surface area contributed by atoms with Gasteiger partial charge in [-0.05, 0) is 64.0 Å². The fourth-order valence-electron chi connectivity index (χ4n) is 3.00. The van der Waals surface area contributed by atoms with Crippen molar-refractivity contribution in [3.63, 3.8) is 0 Å². The topological polar surface area (TPSA) is 15.3 Å². The normalized spacial score (nSPS) is 25.2. The molecule has 2 nitrogen and oxygen atoms in total. The molecule has 1 fully saturated rings. The molecule has 1 saturated heterocycles. The minimum atomic E-state index is 0.175. The first-order valence-electron chi connectivity index (χ1n) is 6.53. The van der Waals surface area contributed by atoms with Crippen molar-refractivity contribution in [1.29, 1.82) is 0 Å². The predicted octanol–water partition coefficient (Wildman–Crippen LogP) is 2.44. The second-order valence-corrected chi connectivity index (χ2v) is 5.45. The van der Waals surface area contributed by atoms with Crippen LogP contribution in [0.5, 0.6) is 0 Å². The van der Waals surface area contributed by atoms with Crippen LogP contribution in [0, 0.1) is 13.8 Å². The highest BCUT2D eigenvalue weighted by molar-refractivity contribution is 5.39. The van der Waals surface area contributed by atoms with E-state index in [1.165, 1.54) is 29.5 Å². The Hall–Kier alpha value is -0.860. The van der Waals surface area contributed by atoms with Gasteiger partial charge in [0.2, 0.25) is 0 Å². The molecule has 1 N–H and O–H groups in total. The summed E-state index contributed by atoms with van der Waals surface area (Å²) in [4.78, 5) is 2.39. The molecule has 0 amide bonds. The van der Waals surface area contributed by atoms with Crippen LogP contribution in [0.2, 0.25) is 0 Å². The lowest BCUT2D eigenvalue weighted by molar-refractivity contribution is 0.112. The molecule has 1 aromatic carbocycles. The fraction of sp³-hybridized carbons (Fsp3) is 0.600. The van der Waals surface area contributed by atoms with E-state index in [-0.39, 0.29) is 5.54 Å². The smallest absolute Gasteiger partial charge is 0.0584 e. The maximum Gasteiger partial charge on any atom is 0.0584 e. The van der Waals surface area contributed by atoms with E-state index in [0.717, 1.165) is 13.1 Å². The molecule has 94 valence electrons. The third-order valence-corrected chi connectivity index (χ3v) is 4.32. The number of piperidine rings is 1. The first kappa shape index (κ1) is 12.6. The predicted molar refractivity (Wildman–Crippen MR) is 73.4 cm³/mol. The number of rotatable bonds is 2. The number of aryl methyl sites for hydroxylation is 1. The summed E-state index contributed by atoms with van der Waals surface area (Å²) in [5.41, 5.74) is 4.52. The third-order valence-electron chi connectivity index (χ3n) is 4.32. The van der Waals surface area contributed by atoms with E-state index in [2.05, 4.69) is 56.4 Å². The highest BCUT2D eigenvalue weighted by Crippen LogP contribution is 2.35. The van der Waals surface area contributed by atoms with E-state index < -0.39 is 0 Å². The Balaban J connectivity index is 2.49. The average Bonchev–Trinajstić information content (AvgIpc) is 2.33. The van der Waals surface area contributed by atoms with Crippen molar-refractivity contribution >= 4 is 0 Å². The highest BCUT2D eigenvalue weighted by atomic mass is 15.2. The first-order chi connectivity index (χ1) is 8.08. The summed E-state index contributed by atoms with van der Waals surface area (Å²) in [7, 11) is 4.41. The minimum Gasteiger partial charge on any atom is -0.315 e.